The minimum absolute atomic E-state index is 0.105. The lowest BCUT2D eigenvalue weighted by Gasteiger charge is -2.09. The smallest absolute Gasteiger partial charge is 0.310 e. The molecule has 1 N–H and O–H groups in total. The van der Waals surface area contributed by atoms with Crippen LogP contribution in [0.4, 0.5) is 5.69 Å². The van der Waals surface area contributed by atoms with Crippen molar-refractivity contribution in [1.29, 1.82) is 0 Å². The van der Waals surface area contributed by atoms with Crippen LogP contribution in [0.1, 0.15) is 30.9 Å². The molecule has 0 aromatic heterocycles. The zero-order chi connectivity index (χ0) is 17.5. The molecular weight excluding hydrogens is 326 g/mol. The van der Waals surface area contributed by atoms with E-state index in [0.717, 1.165) is 5.56 Å². The number of hydrogen-bond donors (Lipinski definition) is 1. The third-order valence-electron chi connectivity index (χ3n) is 3.49. The Hall–Kier alpha value is -2.33. The number of hydrogen-bond acceptors (Lipinski definition) is 3. The van der Waals surface area contributed by atoms with Gasteiger partial charge in [-0.05, 0) is 41.3 Å². The van der Waals surface area contributed by atoms with E-state index in [1.54, 1.807) is 24.3 Å². The van der Waals surface area contributed by atoms with Gasteiger partial charge in [-0.3, -0.25) is 9.59 Å². The average molecular weight is 346 g/mol. The van der Waals surface area contributed by atoms with E-state index in [0.29, 0.717) is 16.6 Å². The summed E-state index contributed by atoms with van der Waals surface area (Å²) in [6.07, 6.45) is 0.105. The number of rotatable bonds is 6. The van der Waals surface area contributed by atoms with Crippen molar-refractivity contribution in [3.63, 3.8) is 0 Å². The van der Waals surface area contributed by atoms with Gasteiger partial charge in [0.05, 0.1) is 6.42 Å². The Morgan fingerprint density at radius 2 is 1.67 bits per heavy atom. The van der Waals surface area contributed by atoms with Crippen LogP contribution in [0.2, 0.25) is 5.02 Å². The number of nitrogens with one attached hydrogen (secondary N) is 1. The van der Waals surface area contributed by atoms with E-state index in [-0.39, 0.29) is 18.9 Å². The van der Waals surface area contributed by atoms with Crippen LogP contribution >= 0.6 is 11.6 Å². The summed E-state index contributed by atoms with van der Waals surface area (Å²) in [7, 11) is 0. The summed E-state index contributed by atoms with van der Waals surface area (Å²) in [4.78, 5) is 23.6. The van der Waals surface area contributed by atoms with Gasteiger partial charge in [-0.25, -0.2) is 0 Å². The number of esters is 1. The third kappa shape index (κ3) is 5.70. The molecule has 24 heavy (non-hydrogen) atoms. The second-order valence-electron chi connectivity index (χ2n) is 5.79. The number of amides is 1. The van der Waals surface area contributed by atoms with E-state index in [4.69, 9.17) is 16.3 Å². The zero-order valence-corrected chi connectivity index (χ0v) is 14.5. The molecule has 0 aliphatic rings. The van der Waals surface area contributed by atoms with Crippen molar-refractivity contribution >= 4 is 29.2 Å². The van der Waals surface area contributed by atoms with E-state index >= 15 is 0 Å². The molecule has 5 heteroatoms. The Balaban J connectivity index is 1.77. The Bertz CT molecular complexity index is 694. The molecule has 1 amide bonds. The lowest BCUT2D eigenvalue weighted by molar-refractivity contribution is -0.146. The van der Waals surface area contributed by atoms with Crippen LogP contribution in [-0.4, -0.2) is 18.5 Å². The van der Waals surface area contributed by atoms with Gasteiger partial charge in [-0.15, -0.1) is 0 Å². The van der Waals surface area contributed by atoms with E-state index < -0.39 is 5.97 Å². The largest absolute Gasteiger partial charge is 0.455 e. The number of carbonyl (C=O) groups is 2. The molecule has 126 valence electrons. The van der Waals surface area contributed by atoms with Crippen molar-refractivity contribution in [2.45, 2.75) is 26.2 Å². The molecule has 2 aromatic carbocycles. The maximum atomic E-state index is 11.8. The molecule has 0 spiro atoms. The second-order valence-corrected chi connectivity index (χ2v) is 6.23. The fraction of sp³-hybridized carbons (Fsp3) is 0.263. The van der Waals surface area contributed by atoms with Crippen LogP contribution in [0.3, 0.4) is 0 Å². The molecule has 0 atom stereocenters. The Labute approximate surface area is 146 Å². The highest BCUT2D eigenvalue weighted by Crippen LogP contribution is 2.17. The number of ether oxygens (including phenoxy) is 1. The predicted molar refractivity (Wildman–Crippen MR) is 95.3 cm³/mol. The van der Waals surface area contributed by atoms with E-state index in [1.165, 1.54) is 5.56 Å². The summed E-state index contributed by atoms with van der Waals surface area (Å²) in [5.41, 5.74) is 2.66. The Kier molecular flexibility index (Phi) is 6.38. The first-order valence-electron chi connectivity index (χ1n) is 7.74. The monoisotopic (exact) mass is 345 g/mol. The van der Waals surface area contributed by atoms with Gasteiger partial charge in [0.25, 0.3) is 5.91 Å². The standard InChI is InChI=1S/C19H20ClNO3/c1-13(2)15-5-9-17(10-6-15)21-18(22)12-24-19(23)11-14-3-7-16(20)8-4-14/h3-10,13H,11-12H2,1-2H3,(H,21,22). The maximum absolute atomic E-state index is 11.8. The van der Waals surface area contributed by atoms with Crippen LogP contribution in [0, 0.1) is 0 Å². The molecule has 2 rings (SSSR count). The molecule has 0 unspecified atom stereocenters. The Morgan fingerprint density at radius 1 is 1.04 bits per heavy atom. The quantitative estimate of drug-likeness (QED) is 0.799. The summed E-state index contributed by atoms with van der Waals surface area (Å²) in [5, 5.41) is 3.31. The van der Waals surface area contributed by atoms with E-state index in [9.17, 15) is 9.59 Å². The highest BCUT2D eigenvalue weighted by Gasteiger charge is 2.09. The summed E-state index contributed by atoms with van der Waals surface area (Å²) in [5.74, 6) is -0.386. The van der Waals surface area contributed by atoms with Gasteiger partial charge < -0.3 is 10.1 Å². The number of benzene rings is 2. The SMILES string of the molecule is CC(C)c1ccc(NC(=O)COC(=O)Cc2ccc(Cl)cc2)cc1. The fourth-order valence-corrected chi connectivity index (χ4v) is 2.24. The molecule has 0 saturated heterocycles. The minimum Gasteiger partial charge on any atom is -0.455 e. The fourth-order valence-electron chi connectivity index (χ4n) is 2.11. The molecule has 0 radical (unpaired) electrons. The van der Waals surface area contributed by atoms with Gasteiger partial charge in [0, 0.05) is 10.7 Å². The number of anilines is 1. The van der Waals surface area contributed by atoms with Crippen molar-refractivity contribution in [2.75, 3.05) is 11.9 Å². The summed E-state index contributed by atoms with van der Waals surface area (Å²) in [6, 6.07) is 14.5. The van der Waals surface area contributed by atoms with Gasteiger partial charge in [-0.1, -0.05) is 49.7 Å². The van der Waals surface area contributed by atoms with E-state index in [2.05, 4.69) is 19.2 Å². The predicted octanol–water partition coefficient (Wildman–Crippen LogP) is 4.19. The first-order chi connectivity index (χ1) is 11.4. The Morgan fingerprint density at radius 3 is 2.25 bits per heavy atom. The van der Waals surface area contributed by atoms with Gasteiger partial charge in [0.2, 0.25) is 0 Å². The molecule has 0 fully saturated rings. The number of carbonyl (C=O) groups excluding carboxylic acids is 2. The summed E-state index contributed by atoms with van der Waals surface area (Å²) >= 11 is 5.79. The van der Waals surface area contributed by atoms with E-state index in [1.807, 2.05) is 24.3 Å². The highest BCUT2D eigenvalue weighted by molar-refractivity contribution is 6.30. The summed E-state index contributed by atoms with van der Waals surface area (Å²) in [6.45, 7) is 3.90. The summed E-state index contributed by atoms with van der Waals surface area (Å²) < 4.78 is 4.99. The molecule has 0 aliphatic heterocycles. The molecular formula is C19H20ClNO3. The topological polar surface area (TPSA) is 55.4 Å². The van der Waals surface area contributed by atoms with Gasteiger partial charge in [-0.2, -0.15) is 0 Å². The molecule has 0 saturated carbocycles. The van der Waals surface area contributed by atoms with Crippen molar-refractivity contribution in [3.05, 3.63) is 64.7 Å². The van der Waals surface area contributed by atoms with Crippen LogP contribution in [0.25, 0.3) is 0 Å². The van der Waals surface area contributed by atoms with Gasteiger partial charge >= 0.3 is 5.97 Å². The molecule has 2 aromatic rings. The van der Waals surface area contributed by atoms with Crippen molar-refractivity contribution < 1.29 is 14.3 Å². The first kappa shape index (κ1) is 18.0. The third-order valence-corrected chi connectivity index (χ3v) is 3.74. The highest BCUT2D eigenvalue weighted by atomic mass is 35.5. The van der Waals surface area contributed by atoms with Crippen molar-refractivity contribution in [3.8, 4) is 0 Å². The molecule has 0 bridgehead atoms. The zero-order valence-electron chi connectivity index (χ0n) is 13.7. The molecule has 0 heterocycles. The van der Waals surface area contributed by atoms with Gasteiger partial charge in [0.1, 0.15) is 0 Å². The maximum Gasteiger partial charge on any atom is 0.310 e. The normalized spacial score (nSPS) is 10.5. The lowest BCUT2D eigenvalue weighted by atomic mass is 10.0. The molecule has 4 nitrogen and oxygen atoms in total. The lowest BCUT2D eigenvalue weighted by Crippen LogP contribution is -2.21. The van der Waals surface area contributed by atoms with Gasteiger partial charge in [0.15, 0.2) is 6.61 Å². The van der Waals surface area contributed by atoms with Crippen LogP contribution in [0.5, 0.6) is 0 Å². The molecule has 0 aliphatic carbocycles. The average Bonchev–Trinajstić information content (AvgIpc) is 2.55. The number of halogens is 1. The first-order valence-corrected chi connectivity index (χ1v) is 8.11. The van der Waals surface area contributed by atoms with Crippen LogP contribution < -0.4 is 5.32 Å². The second kappa shape index (κ2) is 8.50. The minimum atomic E-state index is -0.456. The van der Waals surface area contributed by atoms with Crippen LogP contribution in [-0.2, 0) is 20.7 Å². The van der Waals surface area contributed by atoms with Crippen molar-refractivity contribution in [2.24, 2.45) is 0 Å². The van der Waals surface area contributed by atoms with Crippen LogP contribution in [0.15, 0.2) is 48.5 Å². The van der Waals surface area contributed by atoms with Crippen molar-refractivity contribution in [1.82, 2.24) is 0 Å².